The van der Waals surface area contributed by atoms with Gasteiger partial charge in [-0.1, -0.05) is 0 Å². The first-order valence-corrected chi connectivity index (χ1v) is 4.92. The Kier molecular flexibility index (Phi) is 4.60. The van der Waals surface area contributed by atoms with Crippen molar-refractivity contribution in [3.63, 3.8) is 0 Å². The van der Waals surface area contributed by atoms with Gasteiger partial charge in [0, 0.05) is 0 Å². The summed E-state index contributed by atoms with van der Waals surface area (Å²) in [6.45, 7) is 0.160. The lowest BCUT2D eigenvalue weighted by Crippen LogP contribution is -1.95. The fourth-order valence-corrected chi connectivity index (χ4v) is 1.15. The van der Waals surface area contributed by atoms with Crippen molar-refractivity contribution in [2.24, 2.45) is 0 Å². The van der Waals surface area contributed by atoms with Crippen LogP contribution in [0.1, 0.15) is 6.92 Å². The lowest BCUT2D eigenvalue weighted by molar-refractivity contribution is 0.320. The Morgan fingerprint density at radius 2 is 2.25 bits per heavy atom. The summed E-state index contributed by atoms with van der Waals surface area (Å²) < 4.78 is 4.63. The van der Waals surface area contributed by atoms with E-state index in [4.69, 9.17) is 27.7 Å². The van der Waals surface area contributed by atoms with Gasteiger partial charge < -0.3 is 4.52 Å². The van der Waals surface area contributed by atoms with Crippen LogP contribution in [-0.2, 0) is 4.52 Å². The molecular weight excluding hydrogens is 168 g/mol. The summed E-state index contributed by atoms with van der Waals surface area (Å²) in [7, 11) is 0. The maximum atomic E-state index is 8.10. The minimum atomic E-state index is -1.42. The third-order valence-electron chi connectivity index (χ3n) is 0.420. The zero-order chi connectivity index (χ0) is 6.57. The number of hydrogen-bond donors (Lipinski definition) is 0. The first kappa shape index (κ1) is 8.46. The molecule has 0 amide bonds. The van der Waals surface area contributed by atoms with Crippen LogP contribution in [0.15, 0.2) is 0 Å². The Morgan fingerprint density at radius 3 is 2.38 bits per heavy atom. The van der Waals surface area contributed by atoms with Gasteiger partial charge in [0.05, 0.1) is 6.07 Å². The molecule has 0 aromatic carbocycles. The highest BCUT2D eigenvalue weighted by Gasteiger charge is 2.04. The third-order valence-corrected chi connectivity index (χ3v) is 1.37. The normalized spacial score (nSPS) is 13.4. The maximum absolute atomic E-state index is 8.10. The molecule has 0 aliphatic heterocycles. The Morgan fingerprint density at radius 1 is 1.75 bits per heavy atom. The topological polar surface area (TPSA) is 33.0 Å². The molecule has 0 aliphatic carbocycles. The summed E-state index contributed by atoms with van der Waals surface area (Å²) in [6.07, 6.45) is -0.504. The second kappa shape index (κ2) is 4.35. The Hall–Kier alpha value is 0.460. The molecule has 0 spiro atoms. The highest BCUT2D eigenvalue weighted by Crippen LogP contribution is 2.48. The fraction of sp³-hybridized carbons (Fsp3) is 0.667. The molecule has 0 saturated carbocycles. The second-order valence-corrected chi connectivity index (χ2v) is 4.05. The van der Waals surface area contributed by atoms with Crippen LogP contribution in [0.3, 0.4) is 0 Å². The van der Waals surface area contributed by atoms with E-state index in [1.54, 1.807) is 6.92 Å². The van der Waals surface area contributed by atoms with E-state index < -0.39 is 13.0 Å². The predicted octanol–water partition coefficient (Wildman–Crippen LogP) is 2.62. The zero-order valence-electron chi connectivity index (χ0n) is 4.14. The largest absolute Gasteiger partial charge is 0.313 e. The molecule has 5 heteroatoms. The van der Waals surface area contributed by atoms with Gasteiger partial charge in [-0.2, -0.15) is 5.26 Å². The standard InChI is InChI=1S/C3H4Cl2NOP/c1-3(2-6)7-8(4)5/h3H,1H3. The average molecular weight is 172 g/mol. The lowest BCUT2D eigenvalue weighted by Gasteiger charge is -2.01. The van der Waals surface area contributed by atoms with Gasteiger partial charge in [0.1, 0.15) is 6.10 Å². The van der Waals surface area contributed by atoms with E-state index in [-0.39, 0.29) is 0 Å². The summed E-state index contributed by atoms with van der Waals surface area (Å²) >= 11 is 10.4. The quantitative estimate of drug-likeness (QED) is 0.599. The summed E-state index contributed by atoms with van der Waals surface area (Å²) in [5, 5.41) is 8.10. The smallest absolute Gasteiger partial charge is 0.226 e. The summed E-state index contributed by atoms with van der Waals surface area (Å²) in [5.41, 5.74) is 0. The van der Waals surface area contributed by atoms with Crippen LogP contribution in [0.4, 0.5) is 0 Å². The van der Waals surface area contributed by atoms with E-state index in [1.807, 2.05) is 6.07 Å². The Bertz CT molecular complexity index is 102. The molecule has 0 heterocycles. The number of rotatable bonds is 2. The van der Waals surface area contributed by atoms with Gasteiger partial charge in [0.2, 0.25) is 6.85 Å². The molecule has 1 atom stereocenters. The van der Waals surface area contributed by atoms with E-state index in [0.29, 0.717) is 0 Å². The minimum absolute atomic E-state index is 0.504. The van der Waals surface area contributed by atoms with Crippen molar-refractivity contribution >= 4 is 29.3 Å². The van der Waals surface area contributed by atoms with Crippen molar-refractivity contribution in [3.8, 4) is 6.07 Å². The molecule has 0 aromatic rings. The molecule has 2 nitrogen and oxygen atoms in total. The SMILES string of the molecule is CC(C#N)OP(Cl)Cl. The lowest BCUT2D eigenvalue weighted by atomic mass is 10.5. The van der Waals surface area contributed by atoms with Gasteiger partial charge in [0.15, 0.2) is 0 Å². The van der Waals surface area contributed by atoms with Crippen molar-refractivity contribution in [2.75, 3.05) is 0 Å². The van der Waals surface area contributed by atoms with E-state index in [1.165, 1.54) is 0 Å². The van der Waals surface area contributed by atoms with Gasteiger partial charge in [-0.05, 0) is 29.4 Å². The number of nitrogens with zero attached hydrogens (tertiary/aromatic N) is 1. The van der Waals surface area contributed by atoms with Crippen molar-refractivity contribution in [2.45, 2.75) is 13.0 Å². The van der Waals surface area contributed by atoms with Crippen LogP contribution in [-0.4, -0.2) is 6.10 Å². The highest BCUT2D eigenvalue weighted by molar-refractivity contribution is 8.00. The highest BCUT2D eigenvalue weighted by atomic mass is 35.9. The summed E-state index contributed by atoms with van der Waals surface area (Å²) in [5.74, 6) is 0. The van der Waals surface area contributed by atoms with E-state index in [2.05, 4.69) is 4.52 Å². The van der Waals surface area contributed by atoms with E-state index in [9.17, 15) is 0 Å². The van der Waals surface area contributed by atoms with E-state index in [0.717, 1.165) is 0 Å². The number of halogens is 2. The molecule has 0 aliphatic rings. The van der Waals surface area contributed by atoms with Crippen LogP contribution in [0.2, 0.25) is 0 Å². The van der Waals surface area contributed by atoms with Gasteiger partial charge in [0.25, 0.3) is 0 Å². The van der Waals surface area contributed by atoms with Crippen LogP contribution >= 0.6 is 29.3 Å². The minimum Gasteiger partial charge on any atom is -0.313 e. The van der Waals surface area contributed by atoms with Crippen molar-refractivity contribution in [1.29, 1.82) is 5.26 Å². The first-order chi connectivity index (χ1) is 3.66. The Balaban J connectivity index is 3.28. The molecule has 0 fully saturated rings. The second-order valence-electron chi connectivity index (χ2n) is 1.08. The fourth-order valence-electron chi connectivity index (χ4n) is 0.143. The molecule has 0 saturated heterocycles. The van der Waals surface area contributed by atoms with Crippen LogP contribution in [0, 0.1) is 11.3 Å². The van der Waals surface area contributed by atoms with Crippen molar-refractivity contribution in [1.82, 2.24) is 0 Å². The third kappa shape index (κ3) is 4.61. The predicted molar refractivity (Wildman–Crippen MR) is 34.8 cm³/mol. The Labute approximate surface area is 58.8 Å². The summed E-state index contributed by atoms with van der Waals surface area (Å²) in [4.78, 5) is 0. The van der Waals surface area contributed by atoms with Crippen molar-refractivity contribution in [3.05, 3.63) is 0 Å². The monoisotopic (exact) mass is 171 g/mol. The molecule has 1 unspecified atom stereocenters. The first-order valence-electron chi connectivity index (χ1n) is 1.85. The van der Waals surface area contributed by atoms with Gasteiger partial charge in [-0.25, -0.2) is 0 Å². The van der Waals surface area contributed by atoms with E-state index >= 15 is 0 Å². The van der Waals surface area contributed by atoms with Gasteiger partial charge in [-0.15, -0.1) is 0 Å². The van der Waals surface area contributed by atoms with Gasteiger partial charge in [-0.3, -0.25) is 0 Å². The van der Waals surface area contributed by atoms with Gasteiger partial charge >= 0.3 is 0 Å². The van der Waals surface area contributed by atoms with Crippen molar-refractivity contribution < 1.29 is 4.52 Å². The average Bonchev–Trinajstić information content (AvgIpc) is 1.65. The molecule has 0 aromatic heterocycles. The van der Waals surface area contributed by atoms with Crippen LogP contribution < -0.4 is 0 Å². The maximum Gasteiger partial charge on any atom is 0.226 e. The van der Waals surface area contributed by atoms with Crippen LogP contribution in [0.5, 0.6) is 0 Å². The molecule has 0 N–H and O–H groups in total. The van der Waals surface area contributed by atoms with Crippen LogP contribution in [0.25, 0.3) is 0 Å². The molecule has 0 radical (unpaired) electrons. The molecule has 0 rings (SSSR count). The molecular formula is C3H4Cl2NOP. The number of hydrogen-bond acceptors (Lipinski definition) is 2. The summed E-state index contributed by atoms with van der Waals surface area (Å²) in [6, 6.07) is 1.82. The molecule has 8 heavy (non-hydrogen) atoms. The molecule has 46 valence electrons. The zero-order valence-corrected chi connectivity index (χ0v) is 6.54. The number of nitriles is 1. The molecule has 0 bridgehead atoms.